The molecule has 4 aromatic rings. The molecule has 2 aliphatic rings. The molecule has 0 atom stereocenters. The van der Waals surface area contributed by atoms with Gasteiger partial charge in [0.15, 0.2) is 11.5 Å². The van der Waals surface area contributed by atoms with Gasteiger partial charge in [-0.3, -0.25) is 9.59 Å². The van der Waals surface area contributed by atoms with Gasteiger partial charge in [-0.1, -0.05) is 24.3 Å². The van der Waals surface area contributed by atoms with Crippen molar-refractivity contribution >= 4 is 52.0 Å². The second-order valence-electron chi connectivity index (χ2n) is 10.2. The first-order valence-corrected chi connectivity index (χ1v) is 12.5. The molecule has 7 nitrogen and oxygen atoms in total. The second kappa shape index (κ2) is 8.77. The molecule has 7 heteroatoms. The van der Waals surface area contributed by atoms with Crippen molar-refractivity contribution in [3.05, 3.63) is 101 Å². The van der Waals surface area contributed by atoms with Gasteiger partial charge in [-0.15, -0.1) is 0 Å². The number of pyridine rings is 1. The fourth-order valence-corrected chi connectivity index (χ4v) is 5.56. The van der Waals surface area contributed by atoms with Crippen LogP contribution in [0.15, 0.2) is 72.8 Å². The molecular formula is C32H25N2O5+. The number of aliphatic hydroxyl groups excluding tert-OH is 1. The highest BCUT2D eigenvalue weighted by Gasteiger charge is 2.43. The topological polar surface area (TPSA) is 99.7 Å². The van der Waals surface area contributed by atoms with Crippen molar-refractivity contribution in [1.29, 1.82) is 0 Å². The van der Waals surface area contributed by atoms with Crippen LogP contribution in [0.4, 0.5) is 5.69 Å². The molecule has 0 saturated carbocycles. The molecule has 39 heavy (non-hydrogen) atoms. The normalized spacial score (nSPS) is 15.8. The summed E-state index contributed by atoms with van der Waals surface area (Å²) in [5.41, 5.74) is 4.92. The summed E-state index contributed by atoms with van der Waals surface area (Å²) in [4.78, 5) is 28.7. The molecule has 0 radical (unpaired) electrons. The van der Waals surface area contributed by atoms with Crippen LogP contribution in [-0.4, -0.2) is 44.8 Å². The number of benzene rings is 3. The lowest BCUT2D eigenvalue weighted by Gasteiger charge is -2.15. The summed E-state index contributed by atoms with van der Waals surface area (Å²) in [7, 11) is 1.98. The van der Waals surface area contributed by atoms with Crippen LogP contribution in [0.1, 0.15) is 46.6 Å². The fourth-order valence-electron chi connectivity index (χ4n) is 5.56. The van der Waals surface area contributed by atoms with E-state index in [4.69, 9.17) is 4.74 Å². The van der Waals surface area contributed by atoms with E-state index in [-0.39, 0.29) is 28.2 Å². The molecule has 0 fully saturated rings. The maximum absolute atomic E-state index is 13.5. The monoisotopic (exact) mass is 517 g/mol. The van der Waals surface area contributed by atoms with Crippen molar-refractivity contribution in [1.82, 2.24) is 4.98 Å². The summed E-state index contributed by atoms with van der Waals surface area (Å²) in [6.45, 7) is 4.62. The third-order valence-electron chi connectivity index (χ3n) is 7.57. The zero-order valence-corrected chi connectivity index (χ0v) is 21.6. The smallest absolute Gasteiger partial charge is 0.298 e. The van der Waals surface area contributed by atoms with Crippen molar-refractivity contribution in [2.24, 2.45) is 0 Å². The van der Waals surface area contributed by atoms with Gasteiger partial charge in [0.05, 0.1) is 16.5 Å². The highest BCUT2D eigenvalue weighted by Crippen LogP contribution is 2.42. The van der Waals surface area contributed by atoms with Gasteiger partial charge >= 0.3 is 0 Å². The number of allylic oxidation sites excluding steroid dienone is 2. The Hall–Kier alpha value is -5.04. The molecule has 1 aromatic heterocycles. The minimum atomic E-state index is -0.392. The number of Topliss-reactive ketones (excluding diaryl/α,β-unsaturated/α-hetero) is 1. The van der Waals surface area contributed by atoms with Crippen LogP contribution in [0.5, 0.6) is 11.5 Å². The van der Waals surface area contributed by atoms with Crippen LogP contribution in [-0.2, 0) is 10.2 Å². The number of aromatic hydroxyl groups is 1. The van der Waals surface area contributed by atoms with E-state index in [0.29, 0.717) is 28.9 Å². The summed E-state index contributed by atoms with van der Waals surface area (Å²) < 4.78 is 7.14. The lowest BCUT2D eigenvalue weighted by atomic mass is 9.81. The van der Waals surface area contributed by atoms with E-state index >= 15 is 0 Å². The van der Waals surface area contributed by atoms with E-state index in [0.717, 1.165) is 27.9 Å². The van der Waals surface area contributed by atoms with Gasteiger partial charge in [-0.05, 0) is 61.9 Å². The molecule has 1 aliphatic heterocycles. The maximum Gasteiger partial charge on any atom is 0.298 e. The largest absolute Gasteiger partial charge is 0.506 e. The minimum Gasteiger partial charge on any atom is -0.506 e. The Balaban J connectivity index is 1.33. The Morgan fingerprint density at radius 3 is 2.54 bits per heavy atom. The molecule has 0 saturated heterocycles. The number of rotatable bonds is 5. The molecule has 6 rings (SSSR count). The molecule has 0 spiro atoms. The number of ketones is 1. The minimum absolute atomic E-state index is 0.00999. The lowest BCUT2D eigenvalue weighted by Crippen LogP contribution is -2.26. The van der Waals surface area contributed by atoms with Crippen molar-refractivity contribution < 1.29 is 29.1 Å². The van der Waals surface area contributed by atoms with Crippen LogP contribution in [0.2, 0.25) is 0 Å². The zero-order valence-electron chi connectivity index (χ0n) is 21.6. The van der Waals surface area contributed by atoms with Crippen molar-refractivity contribution in [2.75, 3.05) is 7.05 Å². The number of ether oxygens (including phenoxy) is 1. The lowest BCUT2D eigenvalue weighted by molar-refractivity contribution is -0.401. The molecule has 1 aliphatic carbocycles. The number of aliphatic hydroxyl groups is 1. The van der Waals surface area contributed by atoms with Gasteiger partial charge < -0.3 is 14.9 Å². The van der Waals surface area contributed by atoms with Crippen molar-refractivity contribution in [3.63, 3.8) is 0 Å². The Morgan fingerprint density at radius 2 is 1.74 bits per heavy atom. The molecule has 2 N–H and O–H groups in total. The average Bonchev–Trinajstić information content (AvgIpc) is 3.27. The van der Waals surface area contributed by atoms with Gasteiger partial charge in [-0.25, -0.2) is 4.98 Å². The van der Waals surface area contributed by atoms with E-state index in [1.807, 2.05) is 55.6 Å². The van der Waals surface area contributed by atoms with Crippen LogP contribution in [0.25, 0.3) is 28.3 Å². The van der Waals surface area contributed by atoms with Gasteiger partial charge in [0.25, 0.3) is 6.47 Å². The maximum atomic E-state index is 13.5. The Bertz CT molecular complexity index is 1830. The van der Waals surface area contributed by atoms with E-state index in [9.17, 15) is 19.8 Å². The van der Waals surface area contributed by atoms with Gasteiger partial charge in [0.1, 0.15) is 30.0 Å². The summed E-state index contributed by atoms with van der Waals surface area (Å²) >= 11 is 0. The zero-order chi connectivity index (χ0) is 27.5. The number of carbonyl (C=O) groups excluding carboxylic acids is 2. The predicted molar refractivity (Wildman–Crippen MR) is 150 cm³/mol. The summed E-state index contributed by atoms with van der Waals surface area (Å²) in [6.07, 6.45) is 3.93. The molecule has 192 valence electrons. The molecule has 3 aromatic carbocycles. The molecule has 2 heterocycles. The Labute approximate surface area is 224 Å². The highest BCUT2D eigenvalue weighted by atomic mass is 16.5. The molecule has 0 bridgehead atoms. The quantitative estimate of drug-likeness (QED) is 0.256. The van der Waals surface area contributed by atoms with Crippen LogP contribution >= 0.6 is 0 Å². The first-order chi connectivity index (χ1) is 18.7. The van der Waals surface area contributed by atoms with E-state index in [1.165, 1.54) is 0 Å². The number of para-hydroxylation sites is 1. The van der Waals surface area contributed by atoms with Crippen LogP contribution in [0.3, 0.4) is 0 Å². The van der Waals surface area contributed by atoms with Crippen molar-refractivity contribution in [2.45, 2.75) is 19.3 Å². The van der Waals surface area contributed by atoms with Gasteiger partial charge in [0.2, 0.25) is 5.69 Å². The average molecular weight is 518 g/mol. The third-order valence-corrected chi connectivity index (χ3v) is 7.57. The molecule has 0 unspecified atom stereocenters. The molecule has 0 amide bonds. The fraction of sp³-hybridized carbons (Fsp3) is 0.125. The highest BCUT2D eigenvalue weighted by molar-refractivity contribution is 6.39. The number of carbonyl (C=O) groups is 2. The van der Waals surface area contributed by atoms with E-state index < -0.39 is 5.78 Å². The summed E-state index contributed by atoms with van der Waals surface area (Å²) in [6, 6.07) is 19.7. The van der Waals surface area contributed by atoms with Gasteiger partial charge in [-0.2, -0.15) is 4.58 Å². The third kappa shape index (κ3) is 3.74. The Kier molecular flexibility index (Phi) is 5.47. The predicted octanol–water partition coefficient (Wildman–Crippen LogP) is 5.82. The van der Waals surface area contributed by atoms with Crippen molar-refractivity contribution in [3.8, 4) is 11.5 Å². The van der Waals surface area contributed by atoms with Gasteiger partial charge in [0, 0.05) is 34.2 Å². The Morgan fingerprint density at radius 1 is 0.949 bits per heavy atom. The number of aromatic nitrogens is 1. The number of fused-ring (bicyclic) bond motifs is 3. The summed E-state index contributed by atoms with van der Waals surface area (Å²) in [5, 5.41) is 22.3. The SMILES string of the molecule is C[N+]1=C(/C=C/c2ccc3c(c2)C(=O)C(c2nc4ccccc4cc2O)=C3O)C(C)(C)c2cc(OC=O)ccc21. The number of hydrogen-bond acceptors (Lipinski definition) is 6. The van der Waals surface area contributed by atoms with E-state index in [2.05, 4.69) is 23.4 Å². The number of nitrogens with zero attached hydrogens (tertiary/aromatic N) is 2. The molecular weight excluding hydrogens is 492 g/mol. The van der Waals surface area contributed by atoms with E-state index in [1.54, 1.807) is 30.3 Å². The van der Waals surface area contributed by atoms with Crippen LogP contribution in [0, 0.1) is 0 Å². The second-order valence-corrected chi connectivity index (χ2v) is 10.2. The first-order valence-electron chi connectivity index (χ1n) is 12.5. The number of hydrogen-bond donors (Lipinski definition) is 2. The standard InChI is InChI=1S/C32H24N2O5/c1-32(2)23-16-20(39-17-35)10-12-25(23)34(3)27(32)13-9-18-8-11-21-22(14-18)31(38)28(30(21)37)29-26(36)15-19-6-4-5-7-24(19)33-29/h4-17,37H,1-3H3/p+1. The first kappa shape index (κ1) is 24.3. The summed E-state index contributed by atoms with van der Waals surface area (Å²) in [5.74, 6) is -0.265. The van der Waals surface area contributed by atoms with Crippen LogP contribution < -0.4 is 4.74 Å².